The van der Waals surface area contributed by atoms with Gasteiger partial charge in [-0.05, 0) is 62.6 Å². The van der Waals surface area contributed by atoms with E-state index in [1.807, 2.05) is 11.0 Å². The molecule has 0 spiro atoms. The summed E-state index contributed by atoms with van der Waals surface area (Å²) in [6, 6.07) is 3.71. The van der Waals surface area contributed by atoms with E-state index in [4.69, 9.17) is 0 Å². The molecule has 3 aliphatic rings. The number of fused-ring (bicyclic) bond motifs is 1. The molecule has 0 bridgehead atoms. The van der Waals surface area contributed by atoms with Crippen LogP contribution in [0.1, 0.15) is 57.4 Å². The molecule has 1 unspecified atom stereocenters. The first-order valence-electron chi connectivity index (χ1n) is 11.0. The van der Waals surface area contributed by atoms with Crippen molar-refractivity contribution in [2.75, 3.05) is 23.7 Å². The van der Waals surface area contributed by atoms with E-state index >= 15 is 0 Å². The molecule has 6 nitrogen and oxygen atoms in total. The molecule has 2 heterocycles. The Labute approximate surface area is 187 Å². The van der Waals surface area contributed by atoms with Gasteiger partial charge in [0.05, 0.1) is 16.3 Å². The number of hydrogen-bond acceptors (Lipinski definition) is 4. The van der Waals surface area contributed by atoms with E-state index in [1.54, 1.807) is 11.0 Å². The third-order valence-electron chi connectivity index (χ3n) is 6.52. The lowest BCUT2D eigenvalue weighted by molar-refractivity contribution is -0.134. The summed E-state index contributed by atoms with van der Waals surface area (Å²) in [4.78, 5) is 29.2. The normalized spacial score (nSPS) is 21.6. The van der Waals surface area contributed by atoms with Gasteiger partial charge >= 0.3 is 0 Å². The number of sulfone groups is 1. The second-order valence-electron chi connectivity index (χ2n) is 8.64. The van der Waals surface area contributed by atoms with Crippen molar-refractivity contribution in [1.82, 2.24) is 4.90 Å². The van der Waals surface area contributed by atoms with Crippen LogP contribution in [0.2, 0.25) is 0 Å². The average Bonchev–Trinajstić information content (AvgIpc) is 3.50. The first kappa shape index (κ1) is 21.8. The Morgan fingerprint density at radius 2 is 1.90 bits per heavy atom. The zero-order valence-electron chi connectivity index (χ0n) is 17.4. The summed E-state index contributed by atoms with van der Waals surface area (Å²) < 4.78 is 27.3. The molecule has 1 saturated heterocycles. The van der Waals surface area contributed by atoms with Gasteiger partial charge in [-0.15, -0.1) is 0 Å². The van der Waals surface area contributed by atoms with Gasteiger partial charge in [0.25, 0.3) is 0 Å². The fourth-order valence-corrected chi connectivity index (χ4v) is 6.87. The second-order valence-corrected chi connectivity index (χ2v) is 11.6. The zero-order chi connectivity index (χ0) is 21.5. The van der Waals surface area contributed by atoms with Crippen molar-refractivity contribution >= 4 is 43.3 Å². The van der Waals surface area contributed by atoms with E-state index in [1.165, 1.54) is 0 Å². The Kier molecular flexibility index (Phi) is 6.26. The smallest absolute Gasteiger partial charge is 0.230 e. The van der Waals surface area contributed by atoms with Crippen molar-refractivity contribution in [3.8, 4) is 0 Å². The lowest BCUT2D eigenvalue weighted by Crippen LogP contribution is -2.43. The fourth-order valence-electron chi connectivity index (χ4n) is 4.71. The summed E-state index contributed by atoms with van der Waals surface area (Å²) in [7, 11) is -3.71. The molecule has 0 N–H and O–H groups in total. The first-order chi connectivity index (χ1) is 14.3. The monoisotopic (exact) mass is 496 g/mol. The molecule has 1 saturated carbocycles. The van der Waals surface area contributed by atoms with E-state index in [2.05, 4.69) is 22.9 Å². The van der Waals surface area contributed by atoms with Gasteiger partial charge in [-0.25, -0.2) is 8.42 Å². The Balaban J connectivity index is 1.56. The number of carbonyl (C=O) groups excluding carboxylic acids is 2. The molecule has 30 heavy (non-hydrogen) atoms. The number of halogens is 1. The molecule has 164 valence electrons. The minimum Gasteiger partial charge on any atom is -0.340 e. The van der Waals surface area contributed by atoms with Crippen molar-refractivity contribution in [2.45, 2.75) is 69.2 Å². The van der Waals surface area contributed by atoms with Crippen molar-refractivity contribution in [1.29, 1.82) is 0 Å². The summed E-state index contributed by atoms with van der Waals surface area (Å²) in [5.41, 5.74) is 1.41. The van der Waals surface area contributed by atoms with Gasteiger partial charge in [-0.1, -0.05) is 22.9 Å². The van der Waals surface area contributed by atoms with E-state index in [9.17, 15) is 18.0 Å². The van der Waals surface area contributed by atoms with Crippen LogP contribution in [0.5, 0.6) is 0 Å². The SMILES string of the molecule is CCC1CCCCN1C(=O)CCS(=O)(=O)c1cc(Br)cc2c1N(C(=O)C1CC1)CC2. The molecule has 2 fully saturated rings. The molecule has 1 aromatic rings. The third-order valence-corrected chi connectivity index (χ3v) is 8.71. The molecule has 1 atom stereocenters. The number of anilines is 1. The number of nitrogens with zero attached hydrogens (tertiary/aromatic N) is 2. The van der Waals surface area contributed by atoms with Gasteiger partial charge < -0.3 is 9.80 Å². The maximum Gasteiger partial charge on any atom is 0.230 e. The number of rotatable bonds is 6. The van der Waals surface area contributed by atoms with Crippen LogP contribution in [0.15, 0.2) is 21.5 Å². The molecule has 2 amide bonds. The number of likely N-dealkylation sites (tertiary alicyclic amines) is 1. The topological polar surface area (TPSA) is 74.8 Å². The predicted octanol–water partition coefficient (Wildman–Crippen LogP) is 3.70. The average molecular weight is 497 g/mol. The Morgan fingerprint density at radius 3 is 2.60 bits per heavy atom. The lowest BCUT2D eigenvalue weighted by atomic mass is 10.00. The summed E-state index contributed by atoms with van der Waals surface area (Å²) >= 11 is 3.42. The minimum atomic E-state index is -3.71. The lowest BCUT2D eigenvalue weighted by Gasteiger charge is -2.35. The molecule has 4 rings (SSSR count). The highest BCUT2D eigenvalue weighted by atomic mass is 79.9. The van der Waals surface area contributed by atoms with E-state index in [0.717, 1.165) is 44.1 Å². The summed E-state index contributed by atoms with van der Waals surface area (Å²) in [6.07, 6.45) is 6.39. The van der Waals surface area contributed by atoms with Crippen molar-refractivity contribution < 1.29 is 18.0 Å². The predicted molar refractivity (Wildman–Crippen MR) is 119 cm³/mol. The van der Waals surface area contributed by atoms with E-state index < -0.39 is 9.84 Å². The molecule has 0 radical (unpaired) electrons. The maximum atomic E-state index is 13.3. The van der Waals surface area contributed by atoms with Crippen LogP contribution in [0.4, 0.5) is 5.69 Å². The molecule has 2 aliphatic heterocycles. The summed E-state index contributed by atoms with van der Waals surface area (Å²) in [6.45, 7) is 3.31. The van der Waals surface area contributed by atoms with Crippen LogP contribution in [-0.2, 0) is 25.8 Å². The number of benzene rings is 1. The molecule has 1 aromatic carbocycles. The molecular weight excluding hydrogens is 468 g/mol. The summed E-state index contributed by atoms with van der Waals surface area (Å²) in [5, 5.41) is 0. The molecule has 1 aliphatic carbocycles. The second kappa shape index (κ2) is 8.61. The maximum absolute atomic E-state index is 13.3. The first-order valence-corrected chi connectivity index (χ1v) is 13.4. The third kappa shape index (κ3) is 4.31. The van der Waals surface area contributed by atoms with Gasteiger partial charge in [-0.2, -0.15) is 0 Å². The van der Waals surface area contributed by atoms with Crippen LogP contribution in [0, 0.1) is 5.92 Å². The molecule has 8 heteroatoms. The van der Waals surface area contributed by atoms with Crippen LogP contribution in [0.25, 0.3) is 0 Å². The quantitative estimate of drug-likeness (QED) is 0.601. The Bertz CT molecular complexity index is 958. The number of piperidine rings is 1. The standard InChI is InChI=1S/C22H29BrN2O4S/c1-2-18-5-3-4-10-24(18)20(26)9-12-30(28,29)19-14-17(23)13-16-8-11-25(21(16)19)22(27)15-6-7-15/h13-15,18H,2-12H2,1H3. The van der Waals surface area contributed by atoms with E-state index in [-0.39, 0.29) is 40.8 Å². The Morgan fingerprint density at radius 1 is 1.13 bits per heavy atom. The number of carbonyl (C=O) groups is 2. The van der Waals surface area contributed by atoms with Crippen LogP contribution < -0.4 is 4.90 Å². The van der Waals surface area contributed by atoms with Crippen molar-refractivity contribution in [3.05, 3.63) is 22.2 Å². The zero-order valence-corrected chi connectivity index (χ0v) is 19.8. The summed E-state index contributed by atoms with van der Waals surface area (Å²) in [5.74, 6) is -0.250. The van der Waals surface area contributed by atoms with Gasteiger partial charge in [0, 0.05) is 35.9 Å². The highest BCUT2D eigenvalue weighted by Crippen LogP contribution is 2.41. The van der Waals surface area contributed by atoms with Gasteiger partial charge in [0.1, 0.15) is 0 Å². The minimum absolute atomic E-state index is 0.0172. The highest BCUT2D eigenvalue weighted by molar-refractivity contribution is 9.10. The van der Waals surface area contributed by atoms with Crippen LogP contribution in [0.3, 0.4) is 0 Å². The Hall–Kier alpha value is -1.41. The van der Waals surface area contributed by atoms with Gasteiger partial charge in [0.2, 0.25) is 11.8 Å². The van der Waals surface area contributed by atoms with Gasteiger partial charge in [0.15, 0.2) is 9.84 Å². The van der Waals surface area contributed by atoms with Crippen LogP contribution >= 0.6 is 15.9 Å². The van der Waals surface area contributed by atoms with Crippen molar-refractivity contribution in [2.24, 2.45) is 5.92 Å². The molecular formula is C22H29BrN2O4S. The van der Waals surface area contributed by atoms with Crippen LogP contribution in [-0.4, -0.2) is 50.0 Å². The highest BCUT2D eigenvalue weighted by Gasteiger charge is 2.39. The van der Waals surface area contributed by atoms with Gasteiger partial charge in [-0.3, -0.25) is 9.59 Å². The number of hydrogen-bond donors (Lipinski definition) is 0. The largest absolute Gasteiger partial charge is 0.340 e. The van der Waals surface area contributed by atoms with Crippen molar-refractivity contribution in [3.63, 3.8) is 0 Å². The fraction of sp³-hybridized carbons (Fsp3) is 0.636. The number of amides is 2. The van der Waals surface area contributed by atoms with E-state index in [0.29, 0.717) is 29.7 Å². The molecule has 0 aromatic heterocycles.